The molecule has 0 atom stereocenters. The van der Waals surface area contributed by atoms with E-state index in [0.717, 1.165) is 16.9 Å². The number of carboxylic acids is 1. The molecule has 0 saturated carbocycles. The highest BCUT2D eigenvalue weighted by molar-refractivity contribution is 7.99. The Hall–Kier alpha value is -0.960. The van der Waals surface area contributed by atoms with Gasteiger partial charge in [-0.3, -0.25) is 4.79 Å². The van der Waals surface area contributed by atoms with E-state index in [4.69, 9.17) is 5.11 Å². The van der Waals surface area contributed by atoms with Crippen molar-refractivity contribution in [2.24, 2.45) is 0 Å². The van der Waals surface area contributed by atoms with E-state index >= 15 is 0 Å². The van der Waals surface area contributed by atoms with Crippen LogP contribution in [0, 0.1) is 6.92 Å². The summed E-state index contributed by atoms with van der Waals surface area (Å²) in [5.41, 5.74) is 2.01. The zero-order chi connectivity index (χ0) is 10.6. The Morgan fingerprint density at radius 2 is 2.21 bits per heavy atom. The van der Waals surface area contributed by atoms with Gasteiger partial charge in [-0.2, -0.15) is 0 Å². The average molecular weight is 210 g/mol. The quantitative estimate of drug-likeness (QED) is 0.776. The zero-order valence-electron chi connectivity index (χ0n) is 8.41. The molecule has 0 unspecified atom stereocenters. The summed E-state index contributed by atoms with van der Waals surface area (Å²) < 4.78 is 0. The maximum absolute atomic E-state index is 10.6. The van der Waals surface area contributed by atoms with Crippen molar-refractivity contribution in [1.29, 1.82) is 0 Å². The second-order valence-electron chi connectivity index (χ2n) is 3.04. The third kappa shape index (κ3) is 2.77. The molecule has 0 fully saturated rings. The lowest BCUT2D eigenvalue weighted by Gasteiger charge is -2.08. The molecule has 0 aliphatic carbocycles. The van der Waals surface area contributed by atoms with Crippen LogP contribution in [0.15, 0.2) is 23.1 Å². The minimum atomic E-state index is -0.772. The standard InChI is InChI=1S/C11H14O2S/c1-3-14-10-6-4-5-9(8(10)2)7-11(12)13/h4-6H,3,7H2,1-2H3,(H,12,13). The fraction of sp³-hybridized carbons (Fsp3) is 0.364. The smallest absolute Gasteiger partial charge is 0.307 e. The second-order valence-corrected chi connectivity index (χ2v) is 4.35. The van der Waals surface area contributed by atoms with Crippen LogP contribution in [-0.2, 0) is 11.2 Å². The number of carbonyl (C=O) groups is 1. The van der Waals surface area contributed by atoms with Crippen molar-refractivity contribution in [2.45, 2.75) is 25.2 Å². The molecule has 0 aliphatic heterocycles. The number of benzene rings is 1. The number of rotatable bonds is 4. The van der Waals surface area contributed by atoms with E-state index in [1.807, 2.05) is 25.1 Å². The van der Waals surface area contributed by atoms with Crippen LogP contribution in [0.5, 0.6) is 0 Å². The Balaban J connectivity index is 2.94. The summed E-state index contributed by atoms with van der Waals surface area (Å²) in [5.74, 6) is 0.240. The molecule has 0 heterocycles. The number of hydrogen-bond acceptors (Lipinski definition) is 2. The first-order valence-corrected chi connectivity index (χ1v) is 5.56. The molecule has 1 aromatic rings. The first-order valence-electron chi connectivity index (χ1n) is 4.58. The topological polar surface area (TPSA) is 37.3 Å². The van der Waals surface area contributed by atoms with Crippen molar-refractivity contribution in [3.05, 3.63) is 29.3 Å². The molecular formula is C11H14O2S. The average Bonchev–Trinajstić information content (AvgIpc) is 2.11. The summed E-state index contributed by atoms with van der Waals surface area (Å²) in [6.45, 7) is 4.07. The number of aliphatic carboxylic acids is 1. The van der Waals surface area contributed by atoms with Gasteiger partial charge in [0.25, 0.3) is 0 Å². The Morgan fingerprint density at radius 3 is 2.79 bits per heavy atom. The molecule has 3 heteroatoms. The molecule has 1 rings (SSSR count). The van der Waals surface area contributed by atoms with Crippen LogP contribution >= 0.6 is 11.8 Å². The van der Waals surface area contributed by atoms with Crippen molar-refractivity contribution in [1.82, 2.24) is 0 Å². The summed E-state index contributed by atoms with van der Waals surface area (Å²) in [7, 11) is 0. The third-order valence-electron chi connectivity index (χ3n) is 2.04. The van der Waals surface area contributed by atoms with Gasteiger partial charge in [-0.15, -0.1) is 11.8 Å². The van der Waals surface area contributed by atoms with E-state index in [0.29, 0.717) is 0 Å². The van der Waals surface area contributed by atoms with E-state index in [1.54, 1.807) is 11.8 Å². The maximum atomic E-state index is 10.6. The van der Waals surface area contributed by atoms with E-state index in [-0.39, 0.29) is 6.42 Å². The predicted molar refractivity (Wildman–Crippen MR) is 58.9 cm³/mol. The van der Waals surface area contributed by atoms with E-state index < -0.39 is 5.97 Å². The van der Waals surface area contributed by atoms with E-state index in [9.17, 15) is 4.79 Å². The molecule has 1 N–H and O–H groups in total. The van der Waals surface area contributed by atoms with E-state index in [2.05, 4.69) is 6.92 Å². The number of thioether (sulfide) groups is 1. The molecule has 0 aromatic heterocycles. The lowest BCUT2D eigenvalue weighted by atomic mass is 10.1. The van der Waals surface area contributed by atoms with E-state index in [1.165, 1.54) is 4.90 Å². The minimum Gasteiger partial charge on any atom is -0.481 e. The van der Waals surface area contributed by atoms with Gasteiger partial charge < -0.3 is 5.11 Å². The van der Waals surface area contributed by atoms with Gasteiger partial charge in [-0.05, 0) is 29.9 Å². The Morgan fingerprint density at radius 1 is 1.50 bits per heavy atom. The van der Waals surface area contributed by atoms with Gasteiger partial charge in [0, 0.05) is 4.90 Å². The normalized spacial score (nSPS) is 10.1. The Labute approximate surface area is 88.3 Å². The number of carboxylic acid groups (broad SMARTS) is 1. The summed E-state index contributed by atoms with van der Waals surface area (Å²) in [6, 6.07) is 5.83. The highest BCUT2D eigenvalue weighted by atomic mass is 32.2. The first-order chi connectivity index (χ1) is 6.65. The van der Waals surface area contributed by atoms with Crippen LogP contribution in [0.1, 0.15) is 18.1 Å². The largest absolute Gasteiger partial charge is 0.481 e. The second kappa shape index (κ2) is 5.05. The molecule has 0 amide bonds. The van der Waals surface area contributed by atoms with Crippen molar-refractivity contribution >= 4 is 17.7 Å². The molecule has 14 heavy (non-hydrogen) atoms. The molecule has 0 aliphatic rings. The zero-order valence-corrected chi connectivity index (χ0v) is 9.23. The summed E-state index contributed by atoms with van der Waals surface area (Å²) in [5, 5.41) is 8.71. The SMILES string of the molecule is CCSc1cccc(CC(=O)O)c1C. The minimum absolute atomic E-state index is 0.115. The Kier molecular flexibility index (Phi) is 4.01. The fourth-order valence-electron chi connectivity index (χ4n) is 1.33. The number of hydrogen-bond donors (Lipinski definition) is 1. The molecule has 0 radical (unpaired) electrons. The third-order valence-corrected chi connectivity index (χ3v) is 3.08. The van der Waals surface area contributed by atoms with Crippen LogP contribution < -0.4 is 0 Å². The molecule has 2 nitrogen and oxygen atoms in total. The van der Waals surface area contributed by atoms with Crippen molar-refractivity contribution in [3.63, 3.8) is 0 Å². The molecule has 76 valence electrons. The van der Waals surface area contributed by atoms with Gasteiger partial charge in [-0.25, -0.2) is 0 Å². The van der Waals surface area contributed by atoms with Crippen LogP contribution in [-0.4, -0.2) is 16.8 Å². The summed E-state index contributed by atoms with van der Waals surface area (Å²) in [6.07, 6.45) is 0.115. The van der Waals surface area contributed by atoms with Crippen molar-refractivity contribution in [3.8, 4) is 0 Å². The van der Waals surface area contributed by atoms with Gasteiger partial charge in [0.05, 0.1) is 6.42 Å². The summed E-state index contributed by atoms with van der Waals surface area (Å²) >= 11 is 1.75. The molecule has 1 aromatic carbocycles. The maximum Gasteiger partial charge on any atom is 0.307 e. The lowest BCUT2D eigenvalue weighted by Crippen LogP contribution is -2.02. The van der Waals surface area contributed by atoms with Crippen LogP contribution in [0.2, 0.25) is 0 Å². The molecule has 0 spiro atoms. The van der Waals surface area contributed by atoms with Crippen LogP contribution in [0.3, 0.4) is 0 Å². The first kappa shape index (κ1) is 11.1. The Bertz CT molecular complexity index is 334. The van der Waals surface area contributed by atoms with Crippen LogP contribution in [0.25, 0.3) is 0 Å². The molecular weight excluding hydrogens is 196 g/mol. The molecule has 0 saturated heterocycles. The highest BCUT2D eigenvalue weighted by Gasteiger charge is 2.06. The molecule has 0 bridgehead atoms. The van der Waals surface area contributed by atoms with Crippen LogP contribution in [0.4, 0.5) is 0 Å². The highest BCUT2D eigenvalue weighted by Crippen LogP contribution is 2.24. The predicted octanol–water partition coefficient (Wildman–Crippen LogP) is 2.73. The summed E-state index contributed by atoms with van der Waals surface area (Å²) in [4.78, 5) is 11.8. The monoisotopic (exact) mass is 210 g/mol. The van der Waals surface area contributed by atoms with Crippen molar-refractivity contribution < 1.29 is 9.90 Å². The van der Waals surface area contributed by atoms with Gasteiger partial charge in [0.2, 0.25) is 0 Å². The van der Waals surface area contributed by atoms with Gasteiger partial charge in [-0.1, -0.05) is 19.1 Å². The lowest BCUT2D eigenvalue weighted by molar-refractivity contribution is -0.136. The van der Waals surface area contributed by atoms with Crippen molar-refractivity contribution in [2.75, 3.05) is 5.75 Å². The van der Waals surface area contributed by atoms with Gasteiger partial charge >= 0.3 is 5.97 Å². The fourth-order valence-corrected chi connectivity index (χ4v) is 2.16. The van der Waals surface area contributed by atoms with Gasteiger partial charge in [0.1, 0.15) is 0 Å². The van der Waals surface area contributed by atoms with Gasteiger partial charge in [0.15, 0.2) is 0 Å².